The van der Waals surface area contributed by atoms with E-state index in [-0.39, 0.29) is 16.1 Å². The summed E-state index contributed by atoms with van der Waals surface area (Å²) >= 11 is 5.78. The van der Waals surface area contributed by atoms with Gasteiger partial charge in [-0.1, -0.05) is 11.6 Å². The smallest absolute Gasteiger partial charge is 0.243 e. The summed E-state index contributed by atoms with van der Waals surface area (Å²) in [6.45, 7) is 2.63. The van der Waals surface area contributed by atoms with Crippen LogP contribution in [0.5, 0.6) is 0 Å². The summed E-state index contributed by atoms with van der Waals surface area (Å²) in [5.74, 6) is 0. The lowest BCUT2D eigenvalue weighted by molar-refractivity contribution is 0.379. The van der Waals surface area contributed by atoms with Crippen LogP contribution in [0, 0.1) is 0 Å². The molecule has 102 valence electrons. The quantitative estimate of drug-likeness (QED) is 0.804. The number of halogens is 1. The third-order valence-corrected chi connectivity index (χ3v) is 4.41. The van der Waals surface area contributed by atoms with Gasteiger partial charge in [0, 0.05) is 12.2 Å². The van der Waals surface area contributed by atoms with Gasteiger partial charge in [-0.2, -0.15) is 0 Å². The fraction of sp³-hybridized carbons (Fsp3) is 0.545. The molecule has 0 aliphatic rings. The van der Waals surface area contributed by atoms with Gasteiger partial charge < -0.3 is 4.90 Å². The Labute approximate surface area is 113 Å². The van der Waals surface area contributed by atoms with Gasteiger partial charge in [-0.25, -0.2) is 18.1 Å². The monoisotopic (exact) mass is 291 g/mol. The molecule has 1 aromatic heterocycles. The van der Waals surface area contributed by atoms with E-state index >= 15 is 0 Å². The molecule has 1 aromatic rings. The molecule has 0 saturated carbocycles. The maximum Gasteiger partial charge on any atom is 0.243 e. The van der Waals surface area contributed by atoms with Crippen LogP contribution in [0.15, 0.2) is 23.2 Å². The van der Waals surface area contributed by atoms with Crippen LogP contribution in [0.1, 0.15) is 13.3 Å². The Morgan fingerprint density at radius 2 is 2.17 bits per heavy atom. The van der Waals surface area contributed by atoms with Gasteiger partial charge in [0.2, 0.25) is 10.0 Å². The average Bonchev–Trinajstić information content (AvgIpc) is 2.26. The molecule has 0 aliphatic carbocycles. The summed E-state index contributed by atoms with van der Waals surface area (Å²) in [6.07, 6.45) is 2.18. The summed E-state index contributed by atoms with van der Waals surface area (Å²) in [7, 11) is 0.286. The van der Waals surface area contributed by atoms with Crippen LogP contribution < -0.4 is 4.72 Å². The summed E-state index contributed by atoms with van der Waals surface area (Å²) in [5.41, 5.74) is 0. The van der Waals surface area contributed by atoms with Gasteiger partial charge in [-0.05, 0) is 46.1 Å². The Morgan fingerprint density at radius 1 is 1.50 bits per heavy atom. The summed E-state index contributed by atoms with van der Waals surface area (Å²) in [5, 5.41) is -0.00944. The third-order valence-electron chi connectivity index (χ3n) is 2.38. The maximum atomic E-state index is 12.1. The summed E-state index contributed by atoms with van der Waals surface area (Å²) < 4.78 is 26.7. The van der Waals surface area contributed by atoms with Crippen LogP contribution >= 0.6 is 11.6 Å². The molecule has 0 amide bonds. The first-order valence-corrected chi connectivity index (χ1v) is 7.46. The van der Waals surface area contributed by atoms with E-state index in [0.29, 0.717) is 0 Å². The molecule has 7 heteroatoms. The number of hydrogen-bond acceptors (Lipinski definition) is 4. The second-order valence-corrected chi connectivity index (χ2v) is 6.45. The zero-order valence-corrected chi connectivity index (χ0v) is 12.3. The lowest BCUT2D eigenvalue weighted by Gasteiger charge is -2.17. The fourth-order valence-corrected chi connectivity index (χ4v) is 3.14. The van der Waals surface area contributed by atoms with Crippen molar-refractivity contribution in [3.8, 4) is 0 Å². The molecule has 1 heterocycles. The highest BCUT2D eigenvalue weighted by Gasteiger charge is 2.20. The normalized spacial score (nSPS) is 13.8. The number of aromatic nitrogens is 1. The zero-order chi connectivity index (χ0) is 13.8. The minimum atomic E-state index is -3.60. The van der Waals surface area contributed by atoms with E-state index in [1.807, 2.05) is 25.9 Å². The van der Waals surface area contributed by atoms with Crippen molar-refractivity contribution in [2.24, 2.45) is 0 Å². The van der Waals surface area contributed by atoms with Crippen LogP contribution in [0.4, 0.5) is 0 Å². The van der Waals surface area contributed by atoms with E-state index in [1.165, 1.54) is 12.3 Å². The molecule has 0 spiro atoms. The van der Waals surface area contributed by atoms with Crippen LogP contribution in [0.25, 0.3) is 0 Å². The van der Waals surface area contributed by atoms with E-state index in [4.69, 9.17) is 11.6 Å². The first kappa shape index (κ1) is 15.4. The molecular formula is C11H18ClN3O2S. The highest BCUT2D eigenvalue weighted by atomic mass is 35.5. The number of sulfonamides is 1. The van der Waals surface area contributed by atoms with Crippen molar-refractivity contribution < 1.29 is 8.42 Å². The Morgan fingerprint density at radius 3 is 2.72 bits per heavy atom. The van der Waals surface area contributed by atoms with Gasteiger partial charge in [0.25, 0.3) is 0 Å². The average molecular weight is 292 g/mol. The van der Waals surface area contributed by atoms with Crippen LogP contribution in [-0.2, 0) is 10.0 Å². The molecule has 0 bridgehead atoms. The standard InChI is InChI=1S/C11H18ClN3O2S/c1-9(6-8-15(2)3)14-18(16,17)10-5-4-7-13-11(10)12/h4-5,7,9,14H,6,8H2,1-3H3. The van der Waals surface area contributed by atoms with E-state index in [1.54, 1.807) is 6.07 Å². The van der Waals surface area contributed by atoms with Crippen molar-refractivity contribution in [3.05, 3.63) is 23.5 Å². The lowest BCUT2D eigenvalue weighted by atomic mass is 10.2. The van der Waals surface area contributed by atoms with Crippen LogP contribution in [0.2, 0.25) is 5.15 Å². The molecule has 1 atom stereocenters. The second-order valence-electron chi connectivity index (χ2n) is 4.41. The minimum Gasteiger partial charge on any atom is -0.309 e. The maximum absolute atomic E-state index is 12.1. The number of pyridine rings is 1. The third kappa shape index (κ3) is 4.53. The highest BCUT2D eigenvalue weighted by molar-refractivity contribution is 7.89. The van der Waals surface area contributed by atoms with E-state index in [0.717, 1.165) is 13.0 Å². The Hall–Kier alpha value is -0.690. The van der Waals surface area contributed by atoms with Crippen molar-refractivity contribution in [1.29, 1.82) is 0 Å². The molecular weight excluding hydrogens is 274 g/mol. The number of rotatable bonds is 6. The van der Waals surface area contributed by atoms with Gasteiger partial charge in [0.1, 0.15) is 10.0 Å². The lowest BCUT2D eigenvalue weighted by Crippen LogP contribution is -2.35. The van der Waals surface area contributed by atoms with Gasteiger partial charge >= 0.3 is 0 Å². The van der Waals surface area contributed by atoms with Gasteiger partial charge in [0.15, 0.2) is 0 Å². The number of nitrogens with one attached hydrogen (secondary N) is 1. The van der Waals surface area contributed by atoms with Crippen molar-refractivity contribution in [2.45, 2.75) is 24.3 Å². The largest absolute Gasteiger partial charge is 0.309 e. The highest BCUT2D eigenvalue weighted by Crippen LogP contribution is 2.18. The van der Waals surface area contributed by atoms with Crippen molar-refractivity contribution >= 4 is 21.6 Å². The summed E-state index contributed by atoms with van der Waals surface area (Å²) in [6, 6.07) is 2.83. The molecule has 18 heavy (non-hydrogen) atoms. The van der Waals surface area contributed by atoms with E-state index in [9.17, 15) is 8.42 Å². The molecule has 1 unspecified atom stereocenters. The number of hydrogen-bond donors (Lipinski definition) is 1. The molecule has 0 fully saturated rings. The van der Waals surface area contributed by atoms with E-state index < -0.39 is 10.0 Å². The molecule has 0 aromatic carbocycles. The Bertz CT molecular complexity index is 491. The first-order chi connectivity index (χ1) is 8.33. The Balaban J connectivity index is 2.74. The molecule has 0 radical (unpaired) electrons. The van der Waals surface area contributed by atoms with Crippen molar-refractivity contribution in [3.63, 3.8) is 0 Å². The van der Waals surface area contributed by atoms with Crippen LogP contribution in [-0.4, -0.2) is 45.0 Å². The summed E-state index contributed by atoms with van der Waals surface area (Å²) in [4.78, 5) is 5.78. The molecule has 0 aliphatic heterocycles. The fourth-order valence-electron chi connectivity index (χ4n) is 1.41. The van der Waals surface area contributed by atoms with E-state index in [2.05, 4.69) is 9.71 Å². The predicted octanol–water partition coefficient (Wildman–Crippen LogP) is 1.35. The topological polar surface area (TPSA) is 62.3 Å². The van der Waals surface area contributed by atoms with Crippen molar-refractivity contribution in [2.75, 3.05) is 20.6 Å². The molecule has 1 rings (SSSR count). The SMILES string of the molecule is CC(CCN(C)C)NS(=O)(=O)c1cccnc1Cl. The molecule has 1 N–H and O–H groups in total. The Kier molecular flexibility index (Phi) is 5.52. The zero-order valence-electron chi connectivity index (χ0n) is 10.7. The first-order valence-electron chi connectivity index (χ1n) is 5.60. The predicted molar refractivity (Wildman–Crippen MR) is 72.2 cm³/mol. The van der Waals surface area contributed by atoms with Crippen molar-refractivity contribution in [1.82, 2.24) is 14.6 Å². The molecule has 0 saturated heterocycles. The van der Waals surface area contributed by atoms with Gasteiger partial charge in [-0.3, -0.25) is 0 Å². The molecule has 5 nitrogen and oxygen atoms in total. The second kappa shape index (κ2) is 6.47. The van der Waals surface area contributed by atoms with Crippen LogP contribution in [0.3, 0.4) is 0 Å². The number of nitrogens with zero attached hydrogens (tertiary/aromatic N) is 2. The minimum absolute atomic E-state index is 0.00944. The van der Waals surface area contributed by atoms with Gasteiger partial charge in [-0.15, -0.1) is 0 Å². The van der Waals surface area contributed by atoms with Gasteiger partial charge in [0.05, 0.1) is 0 Å².